The third-order valence-corrected chi connectivity index (χ3v) is 9.74. The molecule has 0 amide bonds. The largest absolute Gasteiger partial charge is 0.291 e. The van der Waals surface area contributed by atoms with Crippen molar-refractivity contribution in [1.29, 1.82) is 0 Å². The van der Waals surface area contributed by atoms with E-state index in [1.54, 1.807) is 0 Å². The maximum absolute atomic E-state index is 5.24. The zero-order chi connectivity index (χ0) is 30.9. The van der Waals surface area contributed by atoms with Crippen LogP contribution in [0.15, 0.2) is 170 Å². The Kier molecular flexibility index (Phi) is 5.61. The topological polar surface area (TPSA) is 17.8 Å². The number of nitrogens with zero attached hydrogens (tertiary/aromatic N) is 2. The molecule has 0 unspecified atom stereocenters. The average Bonchev–Trinajstić information content (AvgIpc) is 3.53. The van der Waals surface area contributed by atoms with E-state index in [9.17, 15) is 0 Å². The second-order valence-electron chi connectivity index (χ2n) is 12.3. The molecule has 0 spiro atoms. The van der Waals surface area contributed by atoms with Gasteiger partial charge in [0.1, 0.15) is 5.82 Å². The first-order chi connectivity index (χ1) is 23.3. The van der Waals surface area contributed by atoms with Crippen molar-refractivity contribution in [2.24, 2.45) is 0 Å². The van der Waals surface area contributed by atoms with E-state index in [-0.39, 0.29) is 0 Å². The van der Waals surface area contributed by atoms with Crippen molar-refractivity contribution < 1.29 is 0 Å². The molecule has 9 aromatic carbocycles. The van der Waals surface area contributed by atoms with Gasteiger partial charge in [-0.25, -0.2) is 4.98 Å². The number of fused-ring (bicyclic) bond motifs is 8. The summed E-state index contributed by atoms with van der Waals surface area (Å²) in [6.45, 7) is 0. The number of rotatable bonds is 3. The Balaban J connectivity index is 1.42. The zero-order valence-corrected chi connectivity index (χ0v) is 25.6. The molecular formula is C45H28N2. The fraction of sp³-hybridized carbons (Fsp3) is 0. The summed E-state index contributed by atoms with van der Waals surface area (Å²) in [7, 11) is 0. The first-order valence-electron chi connectivity index (χ1n) is 16.1. The van der Waals surface area contributed by atoms with Gasteiger partial charge in [0.05, 0.1) is 16.7 Å². The van der Waals surface area contributed by atoms with Crippen molar-refractivity contribution >= 4 is 64.9 Å². The Hall–Kier alpha value is -6.25. The third kappa shape index (κ3) is 3.89. The molecule has 1 heterocycles. The highest BCUT2D eigenvalue weighted by Gasteiger charge is 2.23. The van der Waals surface area contributed by atoms with E-state index in [2.05, 4.69) is 174 Å². The molecule has 0 bridgehead atoms. The summed E-state index contributed by atoms with van der Waals surface area (Å²) >= 11 is 0. The van der Waals surface area contributed by atoms with Gasteiger partial charge in [0, 0.05) is 21.7 Å². The SMILES string of the molecule is c1ccc(-c2nc3ccccc3n2-c2c3ccccc3c(-c3ccc4ccc5ccccc5c4c3)c3c2ccc2ccccc23)cc1. The van der Waals surface area contributed by atoms with Gasteiger partial charge in [0.15, 0.2) is 0 Å². The van der Waals surface area contributed by atoms with Gasteiger partial charge in [-0.1, -0.05) is 152 Å². The smallest absolute Gasteiger partial charge is 0.145 e. The number of imidazole rings is 1. The minimum absolute atomic E-state index is 0.941. The Morgan fingerprint density at radius 1 is 0.383 bits per heavy atom. The van der Waals surface area contributed by atoms with Gasteiger partial charge in [0.2, 0.25) is 0 Å². The summed E-state index contributed by atoms with van der Waals surface area (Å²) in [5, 5.41) is 12.4. The Morgan fingerprint density at radius 2 is 0.979 bits per heavy atom. The monoisotopic (exact) mass is 596 g/mol. The average molecular weight is 597 g/mol. The minimum Gasteiger partial charge on any atom is -0.291 e. The summed E-state index contributed by atoms with van der Waals surface area (Å²) in [4.78, 5) is 5.24. The molecule has 0 saturated carbocycles. The molecule has 0 atom stereocenters. The highest BCUT2D eigenvalue weighted by molar-refractivity contribution is 6.26. The maximum Gasteiger partial charge on any atom is 0.145 e. The number of benzene rings is 9. The van der Waals surface area contributed by atoms with Crippen LogP contribution in [0, 0.1) is 0 Å². The zero-order valence-electron chi connectivity index (χ0n) is 25.6. The minimum atomic E-state index is 0.941. The molecule has 10 rings (SSSR count). The van der Waals surface area contributed by atoms with Crippen LogP contribution in [0.2, 0.25) is 0 Å². The molecule has 1 aromatic heterocycles. The lowest BCUT2D eigenvalue weighted by Crippen LogP contribution is -2.02. The number of hydrogen-bond acceptors (Lipinski definition) is 1. The van der Waals surface area contributed by atoms with E-state index in [4.69, 9.17) is 4.98 Å². The van der Waals surface area contributed by atoms with Crippen molar-refractivity contribution in [3.05, 3.63) is 170 Å². The van der Waals surface area contributed by atoms with E-state index in [1.165, 1.54) is 65.0 Å². The molecule has 0 N–H and O–H groups in total. The predicted molar refractivity (Wildman–Crippen MR) is 199 cm³/mol. The maximum atomic E-state index is 5.24. The summed E-state index contributed by atoms with van der Waals surface area (Å²) in [5.74, 6) is 0.941. The standard InChI is InChI=1S/C45H28N2/c1-2-14-32(15-3-1)45-46-40-20-10-11-21-41(40)47(45)44-37-19-9-8-18-36(37)42(43-35-17-7-5-13-30(35)26-27-38(43)44)33-25-24-31-23-22-29-12-4-6-16-34(29)39(31)28-33/h1-28H. The van der Waals surface area contributed by atoms with Gasteiger partial charge in [0.25, 0.3) is 0 Å². The Labute approximate surface area is 271 Å². The van der Waals surface area contributed by atoms with E-state index >= 15 is 0 Å². The van der Waals surface area contributed by atoms with Gasteiger partial charge in [-0.15, -0.1) is 0 Å². The second kappa shape index (κ2) is 10.1. The molecule has 2 nitrogen and oxygen atoms in total. The summed E-state index contributed by atoms with van der Waals surface area (Å²) in [6.07, 6.45) is 0. The highest BCUT2D eigenvalue weighted by Crippen LogP contribution is 2.46. The summed E-state index contributed by atoms with van der Waals surface area (Å²) in [6, 6.07) is 61.5. The molecule has 0 aliphatic heterocycles. The summed E-state index contributed by atoms with van der Waals surface area (Å²) in [5.41, 5.74) is 6.80. The lowest BCUT2D eigenvalue weighted by atomic mass is 9.86. The molecule has 47 heavy (non-hydrogen) atoms. The molecule has 218 valence electrons. The van der Waals surface area contributed by atoms with Crippen molar-refractivity contribution in [2.75, 3.05) is 0 Å². The Morgan fingerprint density at radius 3 is 1.81 bits per heavy atom. The fourth-order valence-corrected chi connectivity index (χ4v) is 7.66. The lowest BCUT2D eigenvalue weighted by Gasteiger charge is -2.21. The first kappa shape index (κ1) is 26.0. The van der Waals surface area contributed by atoms with E-state index in [0.717, 1.165) is 28.1 Å². The molecule has 2 heteroatoms. The third-order valence-electron chi connectivity index (χ3n) is 9.74. The van der Waals surface area contributed by atoms with Gasteiger partial charge < -0.3 is 0 Å². The van der Waals surface area contributed by atoms with E-state index in [0.29, 0.717) is 0 Å². The van der Waals surface area contributed by atoms with Crippen molar-refractivity contribution in [3.63, 3.8) is 0 Å². The quantitative estimate of drug-likeness (QED) is 0.147. The fourth-order valence-electron chi connectivity index (χ4n) is 7.66. The van der Waals surface area contributed by atoms with Crippen molar-refractivity contribution in [1.82, 2.24) is 9.55 Å². The van der Waals surface area contributed by atoms with Gasteiger partial charge in [-0.2, -0.15) is 0 Å². The van der Waals surface area contributed by atoms with Gasteiger partial charge in [-0.05, 0) is 67.0 Å². The number of hydrogen-bond donors (Lipinski definition) is 0. The highest BCUT2D eigenvalue weighted by atomic mass is 15.1. The van der Waals surface area contributed by atoms with Crippen molar-refractivity contribution in [2.45, 2.75) is 0 Å². The van der Waals surface area contributed by atoms with E-state index in [1.807, 2.05) is 0 Å². The molecule has 0 radical (unpaired) electrons. The van der Waals surface area contributed by atoms with Crippen LogP contribution in [-0.2, 0) is 0 Å². The normalized spacial score (nSPS) is 11.8. The van der Waals surface area contributed by atoms with Crippen molar-refractivity contribution in [3.8, 4) is 28.2 Å². The molecule has 0 fully saturated rings. The van der Waals surface area contributed by atoms with Crippen LogP contribution in [0.25, 0.3) is 93.1 Å². The number of aromatic nitrogens is 2. The van der Waals surface area contributed by atoms with Crippen LogP contribution in [0.4, 0.5) is 0 Å². The first-order valence-corrected chi connectivity index (χ1v) is 16.1. The predicted octanol–water partition coefficient (Wildman–Crippen LogP) is 12.1. The number of para-hydroxylation sites is 2. The molecule has 10 aromatic rings. The van der Waals surface area contributed by atoms with E-state index < -0.39 is 0 Å². The molecule has 0 aliphatic rings. The van der Waals surface area contributed by atoms with Crippen LogP contribution in [0.5, 0.6) is 0 Å². The second-order valence-corrected chi connectivity index (χ2v) is 12.3. The Bertz CT molecular complexity index is 2840. The molecule has 0 saturated heterocycles. The van der Waals surface area contributed by atoms with Crippen LogP contribution in [-0.4, -0.2) is 9.55 Å². The van der Waals surface area contributed by atoms with Gasteiger partial charge in [-0.3, -0.25) is 4.57 Å². The van der Waals surface area contributed by atoms with Crippen LogP contribution in [0.3, 0.4) is 0 Å². The van der Waals surface area contributed by atoms with Crippen LogP contribution < -0.4 is 0 Å². The lowest BCUT2D eigenvalue weighted by molar-refractivity contribution is 1.13. The van der Waals surface area contributed by atoms with Crippen LogP contribution >= 0.6 is 0 Å². The molecule has 0 aliphatic carbocycles. The summed E-state index contributed by atoms with van der Waals surface area (Å²) < 4.78 is 2.39. The van der Waals surface area contributed by atoms with Crippen LogP contribution in [0.1, 0.15) is 0 Å². The van der Waals surface area contributed by atoms with Gasteiger partial charge >= 0.3 is 0 Å². The molecular weight excluding hydrogens is 569 g/mol.